The maximum Gasteiger partial charge on any atom is 0.161 e. The molecule has 2 aromatic carbocycles. The van der Waals surface area contributed by atoms with Gasteiger partial charge in [0, 0.05) is 30.6 Å². The van der Waals surface area contributed by atoms with Gasteiger partial charge in [0.1, 0.15) is 5.82 Å². The highest BCUT2D eigenvalue weighted by atomic mass is 19.2. The number of hydrogen-bond acceptors (Lipinski definition) is 1. The Morgan fingerprint density at radius 3 is 2.55 bits per heavy atom. The van der Waals surface area contributed by atoms with E-state index in [1.54, 1.807) is 0 Å². The molecule has 1 unspecified atom stereocenters. The predicted octanol–water partition coefficient (Wildman–Crippen LogP) is 3.53. The highest BCUT2D eigenvalue weighted by Crippen LogP contribution is 2.34. The van der Waals surface area contributed by atoms with Crippen LogP contribution in [0, 0.1) is 17.5 Å². The molecule has 0 amide bonds. The second-order valence-electron chi connectivity index (χ2n) is 5.09. The van der Waals surface area contributed by atoms with Crippen molar-refractivity contribution in [3.63, 3.8) is 0 Å². The van der Waals surface area contributed by atoms with Crippen molar-refractivity contribution in [2.45, 2.75) is 18.9 Å². The molecule has 1 aliphatic carbocycles. The zero-order chi connectivity index (χ0) is 14.1. The smallest absolute Gasteiger partial charge is 0.161 e. The van der Waals surface area contributed by atoms with Crippen molar-refractivity contribution < 1.29 is 13.2 Å². The summed E-state index contributed by atoms with van der Waals surface area (Å²) >= 11 is 0. The fourth-order valence-electron chi connectivity index (χ4n) is 2.63. The molecule has 3 rings (SSSR count). The van der Waals surface area contributed by atoms with Crippen LogP contribution in [0.15, 0.2) is 36.4 Å². The maximum atomic E-state index is 13.4. The summed E-state index contributed by atoms with van der Waals surface area (Å²) in [7, 11) is 0. The van der Waals surface area contributed by atoms with Gasteiger partial charge in [0.25, 0.3) is 0 Å². The molecule has 0 fully saturated rings. The third-order valence-electron chi connectivity index (χ3n) is 3.76. The molecule has 0 saturated heterocycles. The minimum Gasteiger partial charge on any atom is -0.312 e. The van der Waals surface area contributed by atoms with Crippen molar-refractivity contribution in [3.8, 4) is 0 Å². The van der Waals surface area contributed by atoms with Gasteiger partial charge in [-0.1, -0.05) is 24.3 Å². The van der Waals surface area contributed by atoms with E-state index in [1.165, 1.54) is 11.1 Å². The van der Waals surface area contributed by atoms with E-state index in [0.717, 1.165) is 12.5 Å². The minimum absolute atomic E-state index is 0.150. The lowest BCUT2D eigenvalue weighted by Gasteiger charge is -2.30. The van der Waals surface area contributed by atoms with Crippen LogP contribution < -0.4 is 5.32 Å². The molecule has 1 N–H and O–H groups in total. The Labute approximate surface area is 115 Å². The molecule has 0 radical (unpaired) electrons. The molecule has 4 heteroatoms. The van der Waals surface area contributed by atoms with E-state index >= 15 is 0 Å². The van der Waals surface area contributed by atoms with Gasteiger partial charge in [-0.3, -0.25) is 0 Å². The third kappa shape index (κ3) is 2.43. The normalized spacial score (nSPS) is 16.6. The molecule has 20 heavy (non-hydrogen) atoms. The average molecular weight is 277 g/mol. The molecule has 0 aromatic heterocycles. The zero-order valence-electron chi connectivity index (χ0n) is 10.8. The first-order valence-corrected chi connectivity index (χ1v) is 6.57. The Kier molecular flexibility index (Phi) is 3.49. The van der Waals surface area contributed by atoms with Crippen LogP contribution in [0.3, 0.4) is 0 Å². The number of nitrogens with one attached hydrogen (secondary N) is 1. The van der Waals surface area contributed by atoms with Crippen molar-refractivity contribution in [1.29, 1.82) is 0 Å². The fraction of sp³-hybridized carbons (Fsp3) is 0.250. The Bertz CT molecular complexity index is 640. The SMILES string of the molecule is Fc1cc(F)c(CNCC2Cc3ccccc32)cc1F. The van der Waals surface area contributed by atoms with Crippen LogP contribution in [0.1, 0.15) is 22.6 Å². The molecular formula is C16H14F3N. The van der Waals surface area contributed by atoms with Crippen LogP contribution in [-0.2, 0) is 13.0 Å². The van der Waals surface area contributed by atoms with Gasteiger partial charge >= 0.3 is 0 Å². The largest absolute Gasteiger partial charge is 0.312 e. The van der Waals surface area contributed by atoms with Crippen molar-refractivity contribution in [2.75, 3.05) is 6.54 Å². The molecule has 0 aliphatic heterocycles. The van der Waals surface area contributed by atoms with Gasteiger partial charge in [0.05, 0.1) is 0 Å². The summed E-state index contributed by atoms with van der Waals surface area (Å²) in [5, 5.41) is 3.10. The van der Waals surface area contributed by atoms with Gasteiger partial charge in [0.15, 0.2) is 11.6 Å². The molecule has 0 spiro atoms. The van der Waals surface area contributed by atoms with E-state index in [4.69, 9.17) is 0 Å². The standard InChI is InChI=1S/C16H14F3N/c17-14-7-16(19)15(18)6-12(14)9-20-8-11-5-10-3-1-2-4-13(10)11/h1-4,6-7,11,20H,5,8-9H2. The molecular weight excluding hydrogens is 263 g/mol. The zero-order valence-corrected chi connectivity index (χ0v) is 10.8. The van der Waals surface area contributed by atoms with Gasteiger partial charge in [-0.25, -0.2) is 13.2 Å². The Balaban J connectivity index is 1.58. The molecule has 0 saturated carbocycles. The number of rotatable bonds is 4. The monoisotopic (exact) mass is 277 g/mol. The van der Waals surface area contributed by atoms with E-state index in [9.17, 15) is 13.2 Å². The van der Waals surface area contributed by atoms with Crippen LogP contribution in [-0.4, -0.2) is 6.54 Å². The minimum atomic E-state index is -1.15. The highest BCUT2D eigenvalue weighted by Gasteiger charge is 2.24. The lowest BCUT2D eigenvalue weighted by atomic mass is 9.77. The van der Waals surface area contributed by atoms with Crippen LogP contribution in [0.25, 0.3) is 0 Å². The van der Waals surface area contributed by atoms with Gasteiger partial charge in [-0.2, -0.15) is 0 Å². The van der Waals surface area contributed by atoms with Crippen molar-refractivity contribution in [1.82, 2.24) is 5.32 Å². The number of benzene rings is 2. The first-order valence-electron chi connectivity index (χ1n) is 6.57. The summed E-state index contributed by atoms with van der Waals surface area (Å²) in [6, 6.07) is 9.70. The number of hydrogen-bond donors (Lipinski definition) is 1. The first kappa shape index (κ1) is 13.2. The molecule has 104 valence electrons. The van der Waals surface area contributed by atoms with E-state index in [1.807, 2.05) is 12.1 Å². The molecule has 0 heterocycles. The Morgan fingerprint density at radius 1 is 1.00 bits per heavy atom. The fourth-order valence-corrected chi connectivity index (χ4v) is 2.63. The highest BCUT2D eigenvalue weighted by molar-refractivity contribution is 5.40. The van der Waals surface area contributed by atoms with E-state index in [-0.39, 0.29) is 12.1 Å². The van der Waals surface area contributed by atoms with Crippen LogP contribution in [0.5, 0.6) is 0 Å². The van der Waals surface area contributed by atoms with Crippen LogP contribution >= 0.6 is 0 Å². The van der Waals surface area contributed by atoms with Crippen molar-refractivity contribution in [3.05, 3.63) is 70.5 Å². The third-order valence-corrected chi connectivity index (χ3v) is 3.76. The maximum absolute atomic E-state index is 13.4. The first-order chi connectivity index (χ1) is 9.65. The summed E-state index contributed by atoms with van der Waals surface area (Å²) in [4.78, 5) is 0. The second kappa shape index (κ2) is 5.29. The van der Waals surface area contributed by atoms with Gasteiger partial charge in [0.2, 0.25) is 0 Å². The van der Waals surface area contributed by atoms with Crippen LogP contribution in [0.2, 0.25) is 0 Å². The van der Waals surface area contributed by atoms with Crippen molar-refractivity contribution >= 4 is 0 Å². The lowest BCUT2D eigenvalue weighted by Crippen LogP contribution is -2.29. The average Bonchev–Trinajstić information content (AvgIpc) is 2.40. The number of halogens is 3. The van der Waals surface area contributed by atoms with E-state index < -0.39 is 17.5 Å². The molecule has 2 aromatic rings. The summed E-state index contributed by atoms with van der Waals surface area (Å²) in [6.45, 7) is 0.900. The molecule has 1 nitrogen and oxygen atoms in total. The Morgan fingerprint density at radius 2 is 1.75 bits per heavy atom. The van der Waals surface area contributed by atoms with E-state index in [2.05, 4.69) is 17.4 Å². The second-order valence-corrected chi connectivity index (χ2v) is 5.09. The Hall–Kier alpha value is -1.81. The van der Waals surface area contributed by atoms with Gasteiger partial charge in [-0.15, -0.1) is 0 Å². The van der Waals surface area contributed by atoms with Crippen LogP contribution in [0.4, 0.5) is 13.2 Å². The summed E-state index contributed by atoms with van der Waals surface area (Å²) < 4.78 is 39.3. The van der Waals surface area contributed by atoms with Crippen molar-refractivity contribution in [2.24, 2.45) is 0 Å². The van der Waals surface area contributed by atoms with Gasteiger partial charge < -0.3 is 5.32 Å². The summed E-state index contributed by atoms with van der Waals surface area (Å²) in [5.74, 6) is -2.47. The summed E-state index contributed by atoms with van der Waals surface area (Å²) in [6.07, 6.45) is 1.00. The molecule has 0 bridgehead atoms. The topological polar surface area (TPSA) is 12.0 Å². The lowest BCUT2D eigenvalue weighted by molar-refractivity contribution is 0.482. The molecule has 1 atom stereocenters. The summed E-state index contributed by atoms with van der Waals surface area (Å²) in [5.41, 5.74) is 2.81. The number of fused-ring (bicyclic) bond motifs is 1. The van der Waals surface area contributed by atoms with Gasteiger partial charge in [-0.05, 0) is 23.6 Å². The molecule has 1 aliphatic rings. The van der Waals surface area contributed by atoms with E-state index in [0.29, 0.717) is 18.5 Å². The predicted molar refractivity (Wildman–Crippen MR) is 70.9 cm³/mol. The quantitative estimate of drug-likeness (QED) is 0.843.